The van der Waals surface area contributed by atoms with E-state index in [-0.39, 0.29) is 18.4 Å². The Balaban J connectivity index is 1.66. The third-order valence-electron chi connectivity index (χ3n) is 4.45. The van der Waals surface area contributed by atoms with E-state index in [1.807, 2.05) is 32.0 Å². The molecule has 0 fully saturated rings. The molecule has 0 unspecified atom stereocenters. The van der Waals surface area contributed by atoms with E-state index in [4.69, 9.17) is 9.15 Å². The van der Waals surface area contributed by atoms with Crippen LogP contribution in [0.25, 0.3) is 0 Å². The van der Waals surface area contributed by atoms with Crippen LogP contribution in [0.2, 0.25) is 0 Å². The average molecular weight is 392 g/mol. The van der Waals surface area contributed by atoms with Crippen molar-refractivity contribution in [2.45, 2.75) is 33.4 Å². The van der Waals surface area contributed by atoms with Crippen molar-refractivity contribution in [1.29, 1.82) is 0 Å². The molecule has 2 aromatic carbocycles. The van der Waals surface area contributed by atoms with Gasteiger partial charge in [-0.3, -0.25) is 9.59 Å². The topological polar surface area (TPSA) is 80.6 Å². The fraction of sp³-hybridized carbons (Fsp3) is 0.217. The minimum absolute atomic E-state index is 0.264. The van der Waals surface area contributed by atoms with Crippen molar-refractivity contribution >= 4 is 17.5 Å². The molecule has 6 heteroatoms. The normalized spacial score (nSPS) is 11.6. The summed E-state index contributed by atoms with van der Waals surface area (Å²) < 4.78 is 11.1. The Morgan fingerprint density at radius 3 is 2.62 bits per heavy atom. The van der Waals surface area contributed by atoms with Crippen LogP contribution in [-0.4, -0.2) is 17.9 Å². The van der Waals surface area contributed by atoms with Gasteiger partial charge in [0.05, 0.1) is 24.1 Å². The summed E-state index contributed by atoms with van der Waals surface area (Å²) in [6, 6.07) is 16.2. The van der Waals surface area contributed by atoms with Crippen LogP contribution in [-0.2, 0) is 11.3 Å². The van der Waals surface area contributed by atoms with Crippen LogP contribution in [0.3, 0.4) is 0 Å². The number of hydrogen-bond acceptors (Lipinski definition) is 4. The number of ether oxygens (including phenoxy) is 1. The molecule has 150 valence electrons. The summed E-state index contributed by atoms with van der Waals surface area (Å²) >= 11 is 0. The lowest BCUT2D eigenvalue weighted by atomic mass is 10.1. The van der Waals surface area contributed by atoms with Gasteiger partial charge in [0.2, 0.25) is 0 Å². The van der Waals surface area contributed by atoms with Gasteiger partial charge in [0.15, 0.2) is 6.10 Å². The number of benzene rings is 2. The first kappa shape index (κ1) is 20.2. The molecule has 0 aliphatic rings. The summed E-state index contributed by atoms with van der Waals surface area (Å²) in [4.78, 5) is 25.2. The van der Waals surface area contributed by atoms with E-state index in [0.717, 1.165) is 11.1 Å². The number of furan rings is 1. The summed E-state index contributed by atoms with van der Waals surface area (Å²) in [5, 5.41) is 5.57. The van der Waals surface area contributed by atoms with Crippen LogP contribution >= 0.6 is 0 Å². The lowest BCUT2D eigenvalue weighted by molar-refractivity contribution is -0.122. The molecule has 0 saturated heterocycles. The molecule has 1 aromatic heterocycles. The quantitative estimate of drug-likeness (QED) is 0.630. The highest BCUT2D eigenvalue weighted by Gasteiger charge is 2.19. The molecule has 1 heterocycles. The maximum atomic E-state index is 12.6. The Kier molecular flexibility index (Phi) is 6.34. The molecule has 0 spiro atoms. The number of para-hydroxylation sites is 1. The van der Waals surface area contributed by atoms with E-state index in [9.17, 15) is 9.59 Å². The van der Waals surface area contributed by atoms with Gasteiger partial charge in [-0.2, -0.15) is 0 Å². The van der Waals surface area contributed by atoms with Gasteiger partial charge in [-0.25, -0.2) is 0 Å². The zero-order chi connectivity index (χ0) is 20.8. The highest BCUT2D eigenvalue weighted by Crippen LogP contribution is 2.21. The highest BCUT2D eigenvalue weighted by molar-refractivity contribution is 6.04. The second-order valence-corrected chi connectivity index (χ2v) is 6.83. The molecule has 0 aliphatic heterocycles. The lowest BCUT2D eigenvalue weighted by Crippen LogP contribution is -2.32. The molecule has 6 nitrogen and oxygen atoms in total. The number of hydrogen-bond donors (Lipinski definition) is 2. The summed E-state index contributed by atoms with van der Waals surface area (Å²) in [5.74, 6) is 0.671. The van der Waals surface area contributed by atoms with Crippen LogP contribution < -0.4 is 15.4 Å². The molecule has 0 radical (unpaired) electrons. The van der Waals surface area contributed by atoms with Crippen molar-refractivity contribution in [1.82, 2.24) is 5.32 Å². The number of carbonyl (C=O) groups excluding carboxylic acids is 2. The SMILES string of the molecule is Cc1ccc(C)c(O[C@H](C)C(=O)Nc2ccccc2C(=O)NCc2ccco2)c1. The maximum Gasteiger partial charge on any atom is 0.265 e. The van der Waals surface area contributed by atoms with Crippen molar-refractivity contribution < 1.29 is 18.7 Å². The largest absolute Gasteiger partial charge is 0.481 e. The van der Waals surface area contributed by atoms with Crippen LogP contribution in [0.4, 0.5) is 5.69 Å². The van der Waals surface area contributed by atoms with Gasteiger partial charge in [0, 0.05) is 0 Å². The number of nitrogens with one attached hydrogen (secondary N) is 2. The zero-order valence-electron chi connectivity index (χ0n) is 16.7. The van der Waals surface area contributed by atoms with Crippen LogP contribution in [0, 0.1) is 13.8 Å². The van der Waals surface area contributed by atoms with Crippen molar-refractivity contribution in [3.63, 3.8) is 0 Å². The third-order valence-corrected chi connectivity index (χ3v) is 4.45. The van der Waals surface area contributed by atoms with Crippen LogP contribution in [0.1, 0.15) is 34.2 Å². The maximum absolute atomic E-state index is 12.6. The predicted molar refractivity (Wildman–Crippen MR) is 111 cm³/mol. The van der Waals surface area contributed by atoms with E-state index in [1.165, 1.54) is 0 Å². The average Bonchev–Trinajstić information content (AvgIpc) is 3.23. The smallest absolute Gasteiger partial charge is 0.265 e. The summed E-state index contributed by atoms with van der Waals surface area (Å²) in [6.45, 7) is 5.84. The second-order valence-electron chi connectivity index (χ2n) is 6.83. The Labute approximate surface area is 169 Å². The van der Waals surface area contributed by atoms with Crippen molar-refractivity contribution in [3.8, 4) is 5.75 Å². The zero-order valence-corrected chi connectivity index (χ0v) is 16.7. The van der Waals surface area contributed by atoms with Crippen molar-refractivity contribution in [3.05, 3.63) is 83.3 Å². The summed E-state index contributed by atoms with van der Waals surface area (Å²) in [5.41, 5.74) is 2.79. The van der Waals surface area contributed by atoms with Gasteiger partial charge < -0.3 is 19.8 Å². The van der Waals surface area contributed by atoms with Crippen molar-refractivity contribution in [2.24, 2.45) is 0 Å². The molecule has 0 saturated carbocycles. The predicted octanol–water partition coefficient (Wildman–Crippen LogP) is 4.23. The van der Waals surface area contributed by atoms with Crippen molar-refractivity contribution in [2.75, 3.05) is 5.32 Å². The Morgan fingerprint density at radius 1 is 1.07 bits per heavy atom. The monoisotopic (exact) mass is 392 g/mol. The van der Waals surface area contributed by atoms with E-state index < -0.39 is 6.10 Å². The Bertz CT molecular complexity index is 996. The number of amides is 2. The molecular weight excluding hydrogens is 368 g/mol. The van der Waals surface area contributed by atoms with E-state index in [1.54, 1.807) is 49.6 Å². The fourth-order valence-electron chi connectivity index (χ4n) is 2.78. The van der Waals surface area contributed by atoms with Gasteiger partial charge in [0.1, 0.15) is 11.5 Å². The molecule has 3 aromatic rings. The summed E-state index contributed by atoms with van der Waals surface area (Å²) in [6.07, 6.45) is 0.822. The van der Waals surface area contributed by atoms with Crippen LogP contribution in [0.15, 0.2) is 65.3 Å². The van der Waals surface area contributed by atoms with Gasteiger partial charge >= 0.3 is 0 Å². The van der Waals surface area contributed by atoms with Crippen LogP contribution in [0.5, 0.6) is 5.75 Å². The molecular formula is C23H24N2O4. The summed E-state index contributed by atoms with van der Waals surface area (Å²) in [7, 11) is 0. The standard InChI is InChI=1S/C23H24N2O4/c1-15-10-11-16(2)21(13-15)29-17(3)22(26)25-20-9-5-4-8-19(20)23(27)24-14-18-7-6-12-28-18/h4-13,17H,14H2,1-3H3,(H,24,27)(H,25,26)/t17-/m1/s1. The number of anilines is 1. The lowest BCUT2D eigenvalue weighted by Gasteiger charge is -2.18. The van der Waals surface area contributed by atoms with Gasteiger partial charge in [-0.15, -0.1) is 0 Å². The van der Waals surface area contributed by atoms with E-state index in [2.05, 4.69) is 10.6 Å². The Hall–Kier alpha value is -3.54. The molecule has 0 bridgehead atoms. The molecule has 0 aliphatic carbocycles. The Morgan fingerprint density at radius 2 is 1.86 bits per heavy atom. The molecule has 3 rings (SSSR count). The highest BCUT2D eigenvalue weighted by atomic mass is 16.5. The van der Waals surface area contributed by atoms with Gasteiger partial charge in [-0.1, -0.05) is 24.3 Å². The van der Waals surface area contributed by atoms with E-state index in [0.29, 0.717) is 22.8 Å². The van der Waals surface area contributed by atoms with Gasteiger partial charge in [-0.05, 0) is 62.2 Å². The number of aryl methyl sites for hydroxylation is 2. The second kappa shape index (κ2) is 9.10. The molecule has 1 atom stereocenters. The molecule has 2 N–H and O–H groups in total. The number of carbonyl (C=O) groups is 2. The minimum Gasteiger partial charge on any atom is -0.481 e. The third kappa shape index (κ3) is 5.25. The molecule has 2 amide bonds. The molecule has 29 heavy (non-hydrogen) atoms. The first-order chi connectivity index (χ1) is 13.9. The first-order valence-electron chi connectivity index (χ1n) is 9.38. The van der Waals surface area contributed by atoms with Gasteiger partial charge in [0.25, 0.3) is 11.8 Å². The first-order valence-corrected chi connectivity index (χ1v) is 9.38. The fourth-order valence-corrected chi connectivity index (χ4v) is 2.78. The van der Waals surface area contributed by atoms with E-state index >= 15 is 0 Å². The number of rotatable bonds is 7. The minimum atomic E-state index is -0.727.